The van der Waals surface area contributed by atoms with Crippen molar-refractivity contribution in [3.05, 3.63) is 41.7 Å². The minimum atomic E-state index is -3.90. The summed E-state index contributed by atoms with van der Waals surface area (Å²) in [4.78, 5) is 11.8. The van der Waals surface area contributed by atoms with E-state index in [0.717, 1.165) is 11.1 Å². The zero-order valence-electron chi connectivity index (χ0n) is 14.8. The molecule has 7 nitrogen and oxygen atoms in total. The maximum absolute atomic E-state index is 13.0. The van der Waals surface area contributed by atoms with E-state index in [9.17, 15) is 17.6 Å². The Labute approximate surface area is 153 Å². The summed E-state index contributed by atoms with van der Waals surface area (Å²) >= 11 is 0. The lowest BCUT2D eigenvalue weighted by Gasteiger charge is -2.29. The Hall–Kier alpha value is -1.81. The molecule has 1 aromatic carbocycles. The maximum atomic E-state index is 13.0. The van der Waals surface area contributed by atoms with Gasteiger partial charge in [-0.05, 0) is 35.6 Å². The zero-order chi connectivity index (χ0) is 19.3. The van der Waals surface area contributed by atoms with E-state index < -0.39 is 22.2 Å². The Kier molecular flexibility index (Phi) is 6.87. The Morgan fingerprint density at radius 2 is 2.00 bits per heavy atom. The van der Waals surface area contributed by atoms with Crippen LogP contribution >= 0.6 is 0 Å². The first kappa shape index (κ1) is 20.5. The smallest absolute Gasteiger partial charge is 0.280 e. The van der Waals surface area contributed by atoms with Crippen LogP contribution in [0.3, 0.4) is 0 Å². The molecule has 26 heavy (non-hydrogen) atoms. The van der Waals surface area contributed by atoms with Gasteiger partial charge in [0, 0.05) is 13.1 Å². The number of hydrogen-bond donors (Lipinski definition) is 3. The summed E-state index contributed by atoms with van der Waals surface area (Å²) in [5, 5.41) is 8.85. The second kappa shape index (κ2) is 8.72. The van der Waals surface area contributed by atoms with Crippen LogP contribution in [0, 0.1) is 11.7 Å². The molecule has 144 valence electrons. The van der Waals surface area contributed by atoms with Crippen molar-refractivity contribution in [1.82, 2.24) is 14.5 Å². The summed E-state index contributed by atoms with van der Waals surface area (Å²) in [6, 6.07) is 5.00. The van der Waals surface area contributed by atoms with Crippen LogP contribution in [0.15, 0.2) is 30.3 Å². The predicted octanol–water partition coefficient (Wildman–Crippen LogP) is 1.67. The molecule has 1 aliphatic rings. The van der Waals surface area contributed by atoms with Crippen LogP contribution in [0.5, 0.6) is 0 Å². The standard InChI is InChI=1S/C17H24FN3O4S/c1-3-12(2)16(17(22)19-23)20-26(24,25)21-10-8-14(9-11-21)13-4-6-15(18)7-5-13/h4-8,12,16,20,23H,3,9-11H2,1-2H3,(H,19,22). The van der Waals surface area contributed by atoms with Gasteiger partial charge in [0.15, 0.2) is 0 Å². The first-order valence-corrected chi connectivity index (χ1v) is 9.88. The van der Waals surface area contributed by atoms with E-state index in [1.807, 2.05) is 6.92 Å². The van der Waals surface area contributed by atoms with Gasteiger partial charge in [-0.3, -0.25) is 10.0 Å². The largest absolute Gasteiger partial charge is 0.289 e. The van der Waals surface area contributed by atoms with Crippen LogP contribution in [0.1, 0.15) is 32.3 Å². The third kappa shape index (κ3) is 4.88. The molecule has 0 radical (unpaired) electrons. The summed E-state index contributed by atoms with van der Waals surface area (Å²) in [5.41, 5.74) is 3.31. The lowest BCUT2D eigenvalue weighted by atomic mass is 10.00. The molecule has 0 aliphatic carbocycles. The van der Waals surface area contributed by atoms with Gasteiger partial charge in [0.2, 0.25) is 0 Å². The Morgan fingerprint density at radius 3 is 2.50 bits per heavy atom. The molecule has 0 aromatic heterocycles. The normalized spacial score (nSPS) is 18.1. The zero-order valence-corrected chi connectivity index (χ0v) is 15.6. The minimum Gasteiger partial charge on any atom is -0.289 e. The van der Waals surface area contributed by atoms with Crippen LogP contribution in [-0.2, 0) is 15.0 Å². The van der Waals surface area contributed by atoms with Crippen LogP contribution in [0.2, 0.25) is 0 Å². The topological polar surface area (TPSA) is 98.7 Å². The van der Waals surface area contributed by atoms with Gasteiger partial charge in [-0.25, -0.2) is 9.87 Å². The van der Waals surface area contributed by atoms with Crippen LogP contribution in [0.4, 0.5) is 4.39 Å². The number of carbonyl (C=O) groups excluding carboxylic acids is 1. The molecular formula is C17H24FN3O4S. The van der Waals surface area contributed by atoms with Crippen molar-refractivity contribution in [2.24, 2.45) is 5.92 Å². The molecule has 0 fully saturated rings. The Balaban J connectivity index is 2.10. The van der Waals surface area contributed by atoms with E-state index >= 15 is 0 Å². The molecule has 1 amide bonds. The molecule has 9 heteroatoms. The molecule has 0 saturated carbocycles. The number of nitrogens with zero attached hydrogens (tertiary/aromatic N) is 1. The van der Waals surface area contributed by atoms with Crippen molar-refractivity contribution in [3.8, 4) is 0 Å². The first-order chi connectivity index (χ1) is 12.3. The van der Waals surface area contributed by atoms with E-state index in [-0.39, 0.29) is 24.8 Å². The molecule has 3 N–H and O–H groups in total. The third-order valence-electron chi connectivity index (χ3n) is 4.61. The highest BCUT2D eigenvalue weighted by Crippen LogP contribution is 2.24. The number of hydrogen-bond acceptors (Lipinski definition) is 4. The highest BCUT2D eigenvalue weighted by Gasteiger charge is 2.32. The Morgan fingerprint density at radius 1 is 1.35 bits per heavy atom. The predicted molar refractivity (Wildman–Crippen MR) is 95.8 cm³/mol. The average molecular weight is 385 g/mol. The first-order valence-electron chi connectivity index (χ1n) is 8.44. The van der Waals surface area contributed by atoms with Crippen molar-refractivity contribution < 1.29 is 22.8 Å². The maximum Gasteiger partial charge on any atom is 0.280 e. The fourth-order valence-electron chi connectivity index (χ4n) is 2.76. The molecule has 2 unspecified atom stereocenters. The molecule has 0 bridgehead atoms. The highest BCUT2D eigenvalue weighted by molar-refractivity contribution is 7.87. The monoisotopic (exact) mass is 385 g/mol. The number of amides is 1. The quantitative estimate of drug-likeness (QED) is 0.491. The van der Waals surface area contributed by atoms with Gasteiger partial charge in [0.1, 0.15) is 11.9 Å². The van der Waals surface area contributed by atoms with E-state index in [1.54, 1.807) is 25.1 Å². The third-order valence-corrected chi connectivity index (χ3v) is 6.17. The summed E-state index contributed by atoms with van der Waals surface area (Å²) < 4.78 is 41.8. The number of halogens is 1. The van der Waals surface area contributed by atoms with Gasteiger partial charge >= 0.3 is 0 Å². The van der Waals surface area contributed by atoms with Crippen LogP contribution in [-0.4, -0.2) is 43.0 Å². The fourth-order valence-corrected chi connectivity index (χ4v) is 4.18. The highest BCUT2D eigenvalue weighted by atomic mass is 32.2. The number of nitrogens with one attached hydrogen (secondary N) is 2. The number of rotatable bonds is 7. The molecule has 1 aliphatic heterocycles. The van der Waals surface area contributed by atoms with Crippen LogP contribution < -0.4 is 10.2 Å². The number of hydroxylamine groups is 1. The number of benzene rings is 1. The van der Waals surface area contributed by atoms with Gasteiger partial charge in [-0.2, -0.15) is 17.4 Å². The van der Waals surface area contributed by atoms with Crippen LogP contribution in [0.25, 0.3) is 5.57 Å². The lowest BCUT2D eigenvalue weighted by molar-refractivity contribution is -0.132. The Bertz CT molecular complexity index is 765. The lowest BCUT2D eigenvalue weighted by Crippen LogP contribution is -2.54. The second-order valence-corrected chi connectivity index (χ2v) is 8.01. The number of carbonyl (C=O) groups is 1. The van der Waals surface area contributed by atoms with E-state index in [4.69, 9.17) is 5.21 Å². The average Bonchev–Trinajstić information content (AvgIpc) is 2.65. The molecule has 0 saturated heterocycles. The van der Waals surface area contributed by atoms with Gasteiger partial charge in [0.25, 0.3) is 16.1 Å². The summed E-state index contributed by atoms with van der Waals surface area (Å²) in [6.45, 7) is 3.95. The van der Waals surface area contributed by atoms with Crippen molar-refractivity contribution >= 4 is 21.7 Å². The van der Waals surface area contributed by atoms with Gasteiger partial charge in [-0.1, -0.05) is 38.5 Å². The molecular weight excluding hydrogens is 361 g/mol. The molecule has 1 heterocycles. The summed E-state index contributed by atoms with van der Waals surface area (Å²) in [7, 11) is -3.90. The van der Waals surface area contributed by atoms with Crippen molar-refractivity contribution in [2.75, 3.05) is 13.1 Å². The van der Waals surface area contributed by atoms with E-state index in [2.05, 4.69) is 4.72 Å². The van der Waals surface area contributed by atoms with E-state index in [1.165, 1.54) is 21.9 Å². The summed E-state index contributed by atoms with van der Waals surface area (Å²) in [5.74, 6) is -1.40. The second-order valence-electron chi connectivity index (χ2n) is 6.31. The molecule has 2 rings (SSSR count). The SMILES string of the molecule is CCC(C)C(NS(=O)(=O)N1CC=C(c2ccc(F)cc2)CC1)C(=O)NO. The summed E-state index contributed by atoms with van der Waals surface area (Å²) in [6.07, 6.45) is 2.82. The fraction of sp³-hybridized carbons (Fsp3) is 0.471. The van der Waals surface area contributed by atoms with Crippen molar-refractivity contribution in [2.45, 2.75) is 32.7 Å². The van der Waals surface area contributed by atoms with Gasteiger partial charge < -0.3 is 0 Å². The van der Waals surface area contributed by atoms with Crippen molar-refractivity contribution in [1.29, 1.82) is 0 Å². The molecule has 1 aromatic rings. The van der Waals surface area contributed by atoms with Crippen molar-refractivity contribution in [3.63, 3.8) is 0 Å². The molecule has 2 atom stereocenters. The van der Waals surface area contributed by atoms with Gasteiger partial charge in [-0.15, -0.1) is 0 Å². The molecule has 0 spiro atoms. The van der Waals surface area contributed by atoms with E-state index in [0.29, 0.717) is 12.8 Å². The minimum absolute atomic E-state index is 0.149. The van der Waals surface area contributed by atoms with Gasteiger partial charge in [0.05, 0.1) is 0 Å².